The van der Waals surface area contributed by atoms with E-state index in [9.17, 15) is 18.7 Å². The lowest BCUT2D eigenvalue weighted by molar-refractivity contribution is -0.139. The van der Waals surface area contributed by atoms with Crippen molar-refractivity contribution in [2.24, 2.45) is 0 Å². The van der Waals surface area contributed by atoms with E-state index in [0.717, 1.165) is 13.2 Å². The molecular formula is C10H8F2N2O3. The lowest BCUT2D eigenvalue weighted by atomic mass is 10.1. The number of aromatic hydroxyl groups is 1. The van der Waals surface area contributed by atoms with Gasteiger partial charge in [0.2, 0.25) is 0 Å². The molecular weight excluding hydrogens is 234 g/mol. The third-order valence-electron chi connectivity index (χ3n) is 1.99. The fourth-order valence-corrected chi connectivity index (χ4v) is 1.20. The number of nitriles is 1. The number of carbonyl (C=O) groups is 1. The second-order valence-corrected chi connectivity index (χ2v) is 3.07. The molecule has 0 spiro atoms. The standard InChI is InChI=1S/C10H8F2N2O3/c1-17-8(16)3-5-2-7(15)6(4-13)14-9(5)10(11)12/h2,10,15H,3H2,1H3. The maximum Gasteiger partial charge on any atom is 0.310 e. The summed E-state index contributed by atoms with van der Waals surface area (Å²) in [7, 11) is 1.11. The number of nitrogens with zero attached hydrogens (tertiary/aromatic N) is 2. The number of alkyl halides is 2. The summed E-state index contributed by atoms with van der Waals surface area (Å²) < 4.78 is 29.6. The van der Waals surface area contributed by atoms with Crippen molar-refractivity contribution in [3.05, 3.63) is 23.0 Å². The molecule has 0 saturated heterocycles. The van der Waals surface area contributed by atoms with Gasteiger partial charge < -0.3 is 9.84 Å². The van der Waals surface area contributed by atoms with Crippen LogP contribution in [0.3, 0.4) is 0 Å². The molecule has 0 unspecified atom stereocenters. The van der Waals surface area contributed by atoms with Crippen molar-refractivity contribution in [2.45, 2.75) is 12.8 Å². The van der Waals surface area contributed by atoms with Crippen molar-refractivity contribution in [2.75, 3.05) is 7.11 Å². The fourth-order valence-electron chi connectivity index (χ4n) is 1.20. The van der Waals surface area contributed by atoms with Crippen LogP contribution in [0.25, 0.3) is 0 Å². The maximum absolute atomic E-state index is 12.6. The van der Waals surface area contributed by atoms with E-state index in [4.69, 9.17) is 5.26 Å². The molecule has 0 aromatic carbocycles. The zero-order chi connectivity index (χ0) is 13.0. The van der Waals surface area contributed by atoms with Crippen LogP contribution in [0.5, 0.6) is 5.75 Å². The molecule has 0 aliphatic heterocycles. The van der Waals surface area contributed by atoms with E-state index in [1.165, 1.54) is 6.07 Å². The first-order valence-corrected chi connectivity index (χ1v) is 4.47. The third-order valence-corrected chi connectivity index (χ3v) is 1.99. The summed E-state index contributed by atoms with van der Waals surface area (Å²) in [5.74, 6) is -1.28. The highest BCUT2D eigenvalue weighted by atomic mass is 19.3. The first-order valence-electron chi connectivity index (χ1n) is 4.47. The fraction of sp³-hybridized carbons (Fsp3) is 0.300. The number of esters is 1. The van der Waals surface area contributed by atoms with Crippen molar-refractivity contribution < 1.29 is 23.4 Å². The van der Waals surface area contributed by atoms with Gasteiger partial charge in [0.15, 0.2) is 11.4 Å². The molecule has 17 heavy (non-hydrogen) atoms. The Bertz CT molecular complexity index is 483. The minimum atomic E-state index is -2.94. The van der Waals surface area contributed by atoms with E-state index in [1.807, 2.05) is 0 Å². The van der Waals surface area contributed by atoms with Crippen LogP contribution < -0.4 is 0 Å². The molecule has 0 atom stereocenters. The van der Waals surface area contributed by atoms with Crippen LogP contribution in [0.2, 0.25) is 0 Å². The van der Waals surface area contributed by atoms with Crippen molar-refractivity contribution in [3.8, 4) is 11.8 Å². The van der Waals surface area contributed by atoms with Gasteiger partial charge in [-0.25, -0.2) is 13.8 Å². The van der Waals surface area contributed by atoms with Gasteiger partial charge in [-0.3, -0.25) is 4.79 Å². The zero-order valence-corrected chi connectivity index (χ0v) is 8.78. The molecule has 0 fully saturated rings. The summed E-state index contributed by atoms with van der Waals surface area (Å²) in [6, 6.07) is 2.40. The van der Waals surface area contributed by atoms with E-state index in [1.54, 1.807) is 0 Å². The average Bonchev–Trinajstić information content (AvgIpc) is 2.28. The monoisotopic (exact) mass is 242 g/mol. The second kappa shape index (κ2) is 5.21. The molecule has 0 aliphatic carbocycles. The Labute approximate surface area is 95.3 Å². The van der Waals surface area contributed by atoms with Gasteiger partial charge >= 0.3 is 5.97 Å². The van der Waals surface area contributed by atoms with Crippen molar-refractivity contribution in [3.63, 3.8) is 0 Å². The first-order chi connectivity index (χ1) is 7.99. The van der Waals surface area contributed by atoms with Gasteiger partial charge in [-0.1, -0.05) is 0 Å². The molecule has 90 valence electrons. The number of methoxy groups -OCH3 is 1. The van der Waals surface area contributed by atoms with Crippen LogP contribution in [-0.4, -0.2) is 23.2 Å². The molecule has 0 radical (unpaired) electrons. The Morgan fingerprint density at radius 1 is 1.71 bits per heavy atom. The van der Waals surface area contributed by atoms with Crippen LogP contribution in [-0.2, 0) is 16.0 Å². The smallest absolute Gasteiger partial charge is 0.310 e. The quantitative estimate of drug-likeness (QED) is 0.808. The molecule has 1 aromatic heterocycles. The maximum atomic E-state index is 12.6. The Kier molecular flexibility index (Phi) is 3.93. The number of halogens is 2. The van der Waals surface area contributed by atoms with Gasteiger partial charge in [-0.05, 0) is 11.6 Å². The van der Waals surface area contributed by atoms with Gasteiger partial charge in [-0.2, -0.15) is 5.26 Å². The van der Waals surface area contributed by atoms with Crippen LogP contribution in [0, 0.1) is 11.3 Å². The van der Waals surface area contributed by atoms with Crippen LogP contribution in [0.15, 0.2) is 6.07 Å². The molecule has 0 amide bonds. The van der Waals surface area contributed by atoms with Gasteiger partial charge in [0.25, 0.3) is 6.43 Å². The summed E-state index contributed by atoms with van der Waals surface area (Å²) in [6.07, 6.45) is -3.38. The van der Waals surface area contributed by atoms with Crippen LogP contribution >= 0.6 is 0 Å². The predicted molar refractivity (Wildman–Crippen MR) is 51.3 cm³/mol. The molecule has 1 N–H and O–H groups in total. The highest BCUT2D eigenvalue weighted by molar-refractivity contribution is 5.73. The van der Waals surface area contributed by atoms with Gasteiger partial charge in [0.1, 0.15) is 11.8 Å². The predicted octanol–water partition coefficient (Wildman–Crippen LogP) is 1.31. The minimum absolute atomic E-state index is 0.164. The largest absolute Gasteiger partial charge is 0.505 e. The average molecular weight is 242 g/mol. The van der Waals surface area contributed by atoms with E-state index in [-0.39, 0.29) is 5.56 Å². The van der Waals surface area contributed by atoms with Gasteiger partial charge in [-0.15, -0.1) is 0 Å². The normalized spacial score (nSPS) is 10.1. The van der Waals surface area contributed by atoms with Crippen molar-refractivity contribution in [1.29, 1.82) is 5.26 Å². The SMILES string of the molecule is COC(=O)Cc1cc(O)c(C#N)nc1C(F)F. The summed E-state index contributed by atoms with van der Waals surface area (Å²) >= 11 is 0. The van der Waals surface area contributed by atoms with E-state index in [2.05, 4.69) is 9.72 Å². The third kappa shape index (κ3) is 2.87. The highest BCUT2D eigenvalue weighted by Gasteiger charge is 2.20. The number of ether oxygens (including phenoxy) is 1. The summed E-state index contributed by atoms with van der Waals surface area (Å²) in [4.78, 5) is 14.3. The molecule has 0 aliphatic rings. The van der Waals surface area contributed by atoms with Crippen molar-refractivity contribution in [1.82, 2.24) is 4.98 Å². The molecule has 7 heteroatoms. The van der Waals surface area contributed by atoms with Crippen LogP contribution in [0.4, 0.5) is 8.78 Å². The summed E-state index contributed by atoms with van der Waals surface area (Å²) in [5.41, 5.74) is -1.37. The Hall–Kier alpha value is -2.23. The Morgan fingerprint density at radius 2 is 2.35 bits per heavy atom. The van der Waals surface area contributed by atoms with Crippen molar-refractivity contribution >= 4 is 5.97 Å². The molecule has 0 bridgehead atoms. The van der Waals surface area contributed by atoms with Gasteiger partial charge in [0.05, 0.1) is 13.5 Å². The van der Waals surface area contributed by atoms with Crippen LogP contribution in [0.1, 0.15) is 23.4 Å². The lowest BCUT2D eigenvalue weighted by Crippen LogP contribution is -2.09. The first kappa shape index (κ1) is 12.8. The molecule has 5 nitrogen and oxygen atoms in total. The second-order valence-electron chi connectivity index (χ2n) is 3.07. The number of hydrogen-bond donors (Lipinski definition) is 1. The number of hydrogen-bond acceptors (Lipinski definition) is 5. The molecule has 1 aromatic rings. The lowest BCUT2D eigenvalue weighted by Gasteiger charge is -2.08. The number of rotatable bonds is 3. The molecule has 1 heterocycles. The van der Waals surface area contributed by atoms with Gasteiger partial charge in [0, 0.05) is 0 Å². The van der Waals surface area contributed by atoms with E-state index in [0.29, 0.717) is 0 Å². The summed E-state index contributed by atoms with van der Waals surface area (Å²) in [6.45, 7) is 0. The zero-order valence-electron chi connectivity index (χ0n) is 8.78. The number of carbonyl (C=O) groups excluding carboxylic acids is 1. The highest BCUT2D eigenvalue weighted by Crippen LogP contribution is 2.26. The van der Waals surface area contributed by atoms with E-state index < -0.39 is 36.0 Å². The molecule has 1 rings (SSSR count). The summed E-state index contributed by atoms with van der Waals surface area (Å²) in [5, 5.41) is 17.8. The number of aromatic nitrogens is 1. The molecule has 0 saturated carbocycles. The topological polar surface area (TPSA) is 83.2 Å². The van der Waals surface area contributed by atoms with E-state index >= 15 is 0 Å². The Balaban J connectivity index is 3.24. The minimum Gasteiger partial charge on any atom is -0.505 e. The number of pyridine rings is 1. The Morgan fingerprint density at radius 3 is 2.82 bits per heavy atom.